The zero-order chi connectivity index (χ0) is 12.7. The van der Waals surface area contributed by atoms with Crippen LogP contribution in [0.4, 0.5) is 0 Å². The van der Waals surface area contributed by atoms with E-state index in [4.69, 9.17) is 16.7 Å². The first-order valence-corrected chi connectivity index (χ1v) is 6.48. The van der Waals surface area contributed by atoms with Crippen molar-refractivity contribution in [2.24, 2.45) is 5.41 Å². The fourth-order valence-corrected chi connectivity index (χ4v) is 2.03. The summed E-state index contributed by atoms with van der Waals surface area (Å²) in [5.74, 6) is 0. The van der Waals surface area contributed by atoms with E-state index >= 15 is 0 Å². The van der Waals surface area contributed by atoms with Crippen molar-refractivity contribution in [1.29, 1.82) is 0 Å². The van der Waals surface area contributed by atoms with E-state index in [2.05, 4.69) is 19.2 Å². The van der Waals surface area contributed by atoms with E-state index in [1.54, 1.807) is 0 Å². The van der Waals surface area contributed by atoms with Gasteiger partial charge in [0, 0.05) is 24.7 Å². The highest BCUT2D eigenvalue weighted by Gasteiger charge is 2.16. The van der Waals surface area contributed by atoms with Gasteiger partial charge in [0.05, 0.1) is 0 Å². The molecule has 0 unspecified atom stereocenters. The van der Waals surface area contributed by atoms with Gasteiger partial charge in [-0.15, -0.1) is 0 Å². The maximum atomic E-state index is 8.83. The molecule has 0 bridgehead atoms. The van der Waals surface area contributed by atoms with Crippen molar-refractivity contribution < 1.29 is 5.11 Å². The lowest BCUT2D eigenvalue weighted by atomic mass is 9.88. The van der Waals surface area contributed by atoms with Crippen molar-refractivity contribution in [3.8, 4) is 0 Å². The van der Waals surface area contributed by atoms with Crippen molar-refractivity contribution >= 4 is 11.6 Å². The largest absolute Gasteiger partial charge is 0.396 e. The van der Waals surface area contributed by atoms with Crippen LogP contribution < -0.4 is 5.32 Å². The number of aliphatic hydroxyl groups excluding tert-OH is 1. The molecule has 0 radical (unpaired) electrons. The van der Waals surface area contributed by atoms with Gasteiger partial charge in [-0.3, -0.25) is 0 Å². The first-order valence-electron chi connectivity index (χ1n) is 6.10. The van der Waals surface area contributed by atoms with E-state index in [0.717, 1.165) is 36.5 Å². The molecule has 2 N–H and O–H groups in total. The molecule has 0 aliphatic carbocycles. The normalized spacial score (nSPS) is 11.8. The topological polar surface area (TPSA) is 32.3 Å². The highest BCUT2D eigenvalue weighted by molar-refractivity contribution is 6.31. The fraction of sp³-hybridized carbons (Fsp3) is 0.571. The average Bonchev–Trinajstić information content (AvgIpc) is 2.29. The zero-order valence-corrected chi connectivity index (χ0v) is 11.4. The Kier molecular flexibility index (Phi) is 5.96. The Hall–Kier alpha value is -0.570. The van der Waals surface area contributed by atoms with Gasteiger partial charge in [0.15, 0.2) is 0 Å². The zero-order valence-electron chi connectivity index (χ0n) is 10.7. The average molecular weight is 256 g/mol. The van der Waals surface area contributed by atoms with Gasteiger partial charge in [-0.25, -0.2) is 0 Å². The second-order valence-electron chi connectivity index (χ2n) is 5.19. The van der Waals surface area contributed by atoms with Crippen molar-refractivity contribution in [3.05, 3.63) is 34.9 Å². The van der Waals surface area contributed by atoms with Crippen molar-refractivity contribution in [2.75, 3.05) is 13.2 Å². The Labute approximate surface area is 109 Å². The summed E-state index contributed by atoms with van der Waals surface area (Å²) in [7, 11) is 0. The molecule has 96 valence electrons. The molecule has 2 nitrogen and oxygen atoms in total. The molecule has 0 atom stereocenters. The Balaban J connectivity index is 2.35. The van der Waals surface area contributed by atoms with Crippen LogP contribution in [0.1, 0.15) is 32.3 Å². The van der Waals surface area contributed by atoms with Gasteiger partial charge in [0.25, 0.3) is 0 Å². The van der Waals surface area contributed by atoms with Gasteiger partial charge in [-0.2, -0.15) is 0 Å². The van der Waals surface area contributed by atoms with E-state index < -0.39 is 0 Å². The molecule has 0 aliphatic rings. The van der Waals surface area contributed by atoms with Crippen LogP contribution in [0.2, 0.25) is 5.02 Å². The summed E-state index contributed by atoms with van der Waals surface area (Å²) in [5, 5.41) is 13.1. The van der Waals surface area contributed by atoms with Crippen LogP contribution in [-0.2, 0) is 6.54 Å². The van der Waals surface area contributed by atoms with Crippen LogP contribution in [0.15, 0.2) is 24.3 Å². The molecule has 0 spiro atoms. The van der Waals surface area contributed by atoms with Gasteiger partial charge < -0.3 is 10.4 Å². The predicted molar refractivity (Wildman–Crippen MR) is 73.3 cm³/mol. The quantitative estimate of drug-likeness (QED) is 0.784. The highest BCUT2D eigenvalue weighted by atomic mass is 35.5. The molecule has 0 amide bonds. The molecular formula is C14H22ClNO. The molecule has 3 heteroatoms. The first-order chi connectivity index (χ1) is 8.05. The van der Waals surface area contributed by atoms with Crippen LogP contribution in [0, 0.1) is 5.41 Å². The number of benzene rings is 1. The Morgan fingerprint density at radius 1 is 1.29 bits per heavy atom. The third-order valence-electron chi connectivity index (χ3n) is 2.89. The Morgan fingerprint density at radius 2 is 2.00 bits per heavy atom. The van der Waals surface area contributed by atoms with Gasteiger partial charge in [0.2, 0.25) is 0 Å². The lowest BCUT2D eigenvalue weighted by Gasteiger charge is -2.24. The summed E-state index contributed by atoms with van der Waals surface area (Å²) in [6.07, 6.45) is 1.89. The number of hydrogen-bond donors (Lipinski definition) is 2. The predicted octanol–water partition coefficient (Wildman–Crippen LogP) is 3.23. The summed E-state index contributed by atoms with van der Waals surface area (Å²) in [5.41, 5.74) is 1.34. The lowest BCUT2D eigenvalue weighted by molar-refractivity contribution is 0.236. The van der Waals surface area contributed by atoms with Gasteiger partial charge >= 0.3 is 0 Å². The molecule has 0 saturated carbocycles. The molecular weight excluding hydrogens is 234 g/mol. The number of nitrogens with one attached hydrogen (secondary N) is 1. The highest BCUT2D eigenvalue weighted by Crippen LogP contribution is 2.21. The molecule has 1 aromatic rings. The van der Waals surface area contributed by atoms with Crippen molar-refractivity contribution in [1.82, 2.24) is 5.32 Å². The maximum Gasteiger partial charge on any atom is 0.0450 e. The van der Waals surface area contributed by atoms with Gasteiger partial charge in [-0.1, -0.05) is 43.6 Å². The summed E-state index contributed by atoms with van der Waals surface area (Å²) in [6.45, 7) is 6.42. The minimum absolute atomic E-state index is 0.212. The first kappa shape index (κ1) is 14.5. The van der Waals surface area contributed by atoms with E-state index in [1.165, 1.54) is 0 Å². The smallest absolute Gasteiger partial charge is 0.0450 e. The Morgan fingerprint density at radius 3 is 2.65 bits per heavy atom. The number of rotatable bonds is 7. The van der Waals surface area contributed by atoms with Crippen molar-refractivity contribution in [2.45, 2.75) is 33.2 Å². The third-order valence-corrected chi connectivity index (χ3v) is 3.26. The minimum atomic E-state index is 0.212. The SMILES string of the molecule is CC(C)(CCCO)CNCc1ccccc1Cl. The number of aliphatic hydroxyl groups is 1. The molecule has 17 heavy (non-hydrogen) atoms. The fourth-order valence-electron chi connectivity index (χ4n) is 1.82. The number of halogens is 1. The maximum absolute atomic E-state index is 8.83. The van der Waals surface area contributed by atoms with Crippen LogP contribution >= 0.6 is 11.6 Å². The second-order valence-corrected chi connectivity index (χ2v) is 5.59. The monoisotopic (exact) mass is 255 g/mol. The minimum Gasteiger partial charge on any atom is -0.396 e. The second kappa shape index (κ2) is 7.00. The third kappa shape index (κ3) is 5.53. The van der Waals surface area contributed by atoms with Crippen LogP contribution in [0.3, 0.4) is 0 Å². The molecule has 0 saturated heterocycles. The Bertz CT molecular complexity index is 339. The summed E-state index contributed by atoms with van der Waals surface area (Å²) in [4.78, 5) is 0. The molecule has 0 aliphatic heterocycles. The molecule has 0 heterocycles. The molecule has 1 rings (SSSR count). The molecule has 0 aromatic heterocycles. The van der Waals surface area contributed by atoms with Crippen LogP contribution in [-0.4, -0.2) is 18.3 Å². The standard InChI is InChI=1S/C14H22ClNO/c1-14(2,8-5-9-17)11-16-10-12-6-3-4-7-13(12)15/h3-4,6-7,16-17H,5,8-11H2,1-2H3. The van der Waals surface area contributed by atoms with Gasteiger partial charge in [0.1, 0.15) is 0 Å². The summed E-state index contributed by atoms with van der Waals surface area (Å²) >= 11 is 6.08. The van der Waals surface area contributed by atoms with Gasteiger partial charge in [-0.05, 0) is 29.9 Å². The number of hydrogen-bond acceptors (Lipinski definition) is 2. The lowest BCUT2D eigenvalue weighted by Crippen LogP contribution is -2.29. The van der Waals surface area contributed by atoms with E-state index in [1.807, 2.05) is 24.3 Å². The summed E-state index contributed by atoms with van der Waals surface area (Å²) in [6, 6.07) is 7.89. The van der Waals surface area contributed by atoms with E-state index in [9.17, 15) is 0 Å². The molecule has 1 aromatic carbocycles. The van der Waals surface area contributed by atoms with Crippen LogP contribution in [0.25, 0.3) is 0 Å². The summed E-state index contributed by atoms with van der Waals surface area (Å²) < 4.78 is 0. The van der Waals surface area contributed by atoms with E-state index in [-0.39, 0.29) is 12.0 Å². The van der Waals surface area contributed by atoms with E-state index in [0.29, 0.717) is 0 Å². The molecule has 0 fully saturated rings. The van der Waals surface area contributed by atoms with Crippen LogP contribution in [0.5, 0.6) is 0 Å². The van der Waals surface area contributed by atoms with Crippen molar-refractivity contribution in [3.63, 3.8) is 0 Å².